The Balaban J connectivity index is 2.22. The van der Waals surface area contributed by atoms with Gasteiger partial charge in [-0.25, -0.2) is 0 Å². The molecule has 0 atom stereocenters. The van der Waals surface area contributed by atoms with Gasteiger partial charge in [-0.1, -0.05) is 67.1 Å². The molecule has 0 fully saturated rings. The molecule has 0 heterocycles. The van der Waals surface area contributed by atoms with E-state index in [0.29, 0.717) is 0 Å². The standard InChI is InChI=1S/C18H18/c1-2-14-12-13-15-8-6-7-11-17(15)18(14)16-9-4-3-5-10-16/h3-11H,2,12-13H2,1H3. The van der Waals surface area contributed by atoms with Crippen molar-refractivity contribution >= 4 is 5.57 Å². The summed E-state index contributed by atoms with van der Waals surface area (Å²) < 4.78 is 0. The predicted molar refractivity (Wildman–Crippen MR) is 77.5 cm³/mol. The van der Waals surface area contributed by atoms with Gasteiger partial charge in [0.25, 0.3) is 0 Å². The maximum atomic E-state index is 2.27. The van der Waals surface area contributed by atoms with E-state index in [9.17, 15) is 0 Å². The summed E-state index contributed by atoms with van der Waals surface area (Å²) in [6.45, 7) is 2.27. The van der Waals surface area contributed by atoms with Gasteiger partial charge in [-0.15, -0.1) is 0 Å². The van der Waals surface area contributed by atoms with Gasteiger partial charge in [0.05, 0.1) is 0 Å². The molecule has 1 aliphatic rings. The normalized spacial score (nSPS) is 14.5. The lowest BCUT2D eigenvalue weighted by molar-refractivity contribution is 0.867. The average Bonchev–Trinajstić information content (AvgIpc) is 2.47. The van der Waals surface area contributed by atoms with Gasteiger partial charge < -0.3 is 0 Å². The van der Waals surface area contributed by atoms with Gasteiger partial charge in [0.2, 0.25) is 0 Å². The predicted octanol–water partition coefficient (Wildman–Crippen LogP) is 4.84. The van der Waals surface area contributed by atoms with Crippen LogP contribution < -0.4 is 0 Å². The van der Waals surface area contributed by atoms with Crippen molar-refractivity contribution in [2.75, 3.05) is 0 Å². The fourth-order valence-corrected chi connectivity index (χ4v) is 2.90. The molecule has 0 amide bonds. The first-order valence-electron chi connectivity index (χ1n) is 6.76. The zero-order valence-electron chi connectivity index (χ0n) is 10.8. The quantitative estimate of drug-likeness (QED) is 0.697. The van der Waals surface area contributed by atoms with Crippen molar-refractivity contribution in [3.8, 4) is 0 Å². The molecule has 0 bridgehead atoms. The lowest BCUT2D eigenvalue weighted by atomic mass is 9.81. The van der Waals surface area contributed by atoms with Gasteiger partial charge in [-0.3, -0.25) is 0 Å². The number of allylic oxidation sites excluding steroid dienone is 1. The van der Waals surface area contributed by atoms with Crippen LogP contribution in [0.25, 0.3) is 5.57 Å². The van der Waals surface area contributed by atoms with Gasteiger partial charge >= 0.3 is 0 Å². The minimum absolute atomic E-state index is 1.15. The minimum atomic E-state index is 1.15. The van der Waals surface area contributed by atoms with E-state index in [2.05, 4.69) is 61.5 Å². The highest BCUT2D eigenvalue weighted by Gasteiger charge is 2.18. The molecule has 3 rings (SSSR count). The van der Waals surface area contributed by atoms with Crippen LogP contribution in [0.3, 0.4) is 0 Å². The summed E-state index contributed by atoms with van der Waals surface area (Å²) in [5, 5.41) is 0. The Bertz CT molecular complexity index is 576. The molecule has 0 spiro atoms. The maximum absolute atomic E-state index is 2.27. The van der Waals surface area contributed by atoms with Crippen LogP contribution in [-0.4, -0.2) is 0 Å². The van der Waals surface area contributed by atoms with Crippen LogP contribution in [0.4, 0.5) is 0 Å². The molecule has 2 aromatic rings. The molecule has 0 unspecified atom stereocenters. The fraction of sp³-hybridized carbons (Fsp3) is 0.222. The van der Waals surface area contributed by atoms with Crippen molar-refractivity contribution < 1.29 is 0 Å². The molecule has 0 N–H and O–H groups in total. The van der Waals surface area contributed by atoms with E-state index in [1.807, 2.05) is 0 Å². The van der Waals surface area contributed by atoms with Crippen LogP contribution >= 0.6 is 0 Å². The van der Waals surface area contributed by atoms with E-state index < -0.39 is 0 Å². The van der Waals surface area contributed by atoms with Gasteiger partial charge in [0.1, 0.15) is 0 Å². The van der Waals surface area contributed by atoms with E-state index in [1.54, 1.807) is 5.57 Å². The molecule has 0 heteroatoms. The van der Waals surface area contributed by atoms with Crippen LogP contribution in [0.5, 0.6) is 0 Å². The molecular formula is C18H18. The molecule has 0 nitrogen and oxygen atoms in total. The van der Waals surface area contributed by atoms with Crippen molar-refractivity contribution in [3.05, 3.63) is 76.9 Å². The largest absolute Gasteiger partial charge is 0.0622 e. The first-order valence-corrected chi connectivity index (χ1v) is 6.76. The van der Waals surface area contributed by atoms with E-state index >= 15 is 0 Å². The first kappa shape index (κ1) is 11.3. The molecule has 1 aliphatic carbocycles. The Morgan fingerprint density at radius 1 is 0.833 bits per heavy atom. The second kappa shape index (κ2) is 4.81. The molecule has 90 valence electrons. The van der Waals surface area contributed by atoms with Crippen molar-refractivity contribution in [2.24, 2.45) is 0 Å². The third-order valence-electron chi connectivity index (χ3n) is 3.83. The van der Waals surface area contributed by atoms with Gasteiger partial charge in [0, 0.05) is 0 Å². The van der Waals surface area contributed by atoms with Crippen LogP contribution in [0, 0.1) is 0 Å². The monoisotopic (exact) mass is 234 g/mol. The summed E-state index contributed by atoms with van der Waals surface area (Å²) in [4.78, 5) is 0. The van der Waals surface area contributed by atoms with E-state index in [4.69, 9.17) is 0 Å². The van der Waals surface area contributed by atoms with Crippen molar-refractivity contribution in [2.45, 2.75) is 26.2 Å². The summed E-state index contributed by atoms with van der Waals surface area (Å²) >= 11 is 0. The number of aryl methyl sites for hydroxylation is 1. The second-order valence-electron chi connectivity index (χ2n) is 4.86. The fourth-order valence-electron chi connectivity index (χ4n) is 2.90. The van der Waals surface area contributed by atoms with Crippen LogP contribution in [-0.2, 0) is 6.42 Å². The minimum Gasteiger partial charge on any atom is -0.0622 e. The summed E-state index contributed by atoms with van der Waals surface area (Å²) in [6.07, 6.45) is 3.55. The van der Waals surface area contributed by atoms with Crippen LogP contribution in [0.15, 0.2) is 60.2 Å². The van der Waals surface area contributed by atoms with Crippen molar-refractivity contribution in [1.29, 1.82) is 0 Å². The first-order chi connectivity index (χ1) is 8.90. The lowest BCUT2D eigenvalue weighted by Crippen LogP contribution is -2.05. The summed E-state index contributed by atoms with van der Waals surface area (Å²) in [5.74, 6) is 0. The molecule has 0 radical (unpaired) electrons. The molecule has 18 heavy (non-hydrogen) atoms. The van der Waals surface area contributed by atoms with Crippen molar-refractivity contribution in [1.82, 2.24) is 0 Å². The molecule has 2 aromatic carbocycles. The van der Waals surface area contributed by atoms with Crippen LogP contribution in [0.2, 0.25) is 0 Å². The number of fused-ring (bicyclic) bond motifs is 1. The maximum Gasteiger partial charge on any atom is -0.0117 e. The molecule has 0 saturated heterocycles. The third-order valence-corrected chi connectivity index (χ3v) is 3.83. The molecule has 0 aromatic heterocycles. The van der Waals surface area contributed by atoms with E-state index in [-0.39, 0.29) is 0 Å². The highest BCUT2D eigenvalue weighted by Crippen LogP contribution is 2.36. The molecular weight excluding hydrogens is 216 g/mol. The van der Waals surface area contributed by atoms with Crippen LogP contribution in [0.1, 0.15) is 36.5 Å². The summed E-state index contributed by atoms with van der Waals surface area (Å²) in [6, 6.07) is 19.7. The number of hydrogen-bond donors (Lipinski definition) is 0. The highest BCUT2D eigenvalue weighted by molar-refractivity contribution is 5.84. The summed E-state index contributed by atoms with van der Waals surface area (Å²) in [5.41, 5.74) is 7.36. The summed E-state index contributed by atoms with van der Waals surface area (Å²) in [7, 11) is 0. The zero-order chi connectivity index (χ0) is 12.4. The Morgan fingerprint density at radius 2 is 1.56 bits per heavy atom. The average molecular weight is 234 g/mol. The number of benzene rings is 2. The van der Waals surface area contributed by atoms with Gasteiger partial charge in [-0.05, 0) is 41.5 Å². The number of rotatable bonds is 2. The molecule has 0 aliphatic heterocycles. The van der Waals surface area contributed by atoms with Gasteiger partial charge in [0.15, 0.2) is 0 Å². The molecule has 0 saturated carbocycles. The lowest BCUT2D eigenvalue weighted by Gasteiger charge is -2.23. The van der Waals surface area contributed by atoms with E-state index in [0.717, 1.165) is 6.42 Å². The van der Waals surface area contributed by atoms with Gasteiger partial charge in [-0.2, -0.15) is 0 Å². The number of hydrogen-bond acceptors (Lipinski definition) is 0. The Labute approximate surface area is 109 Å². The SMILES string of the molecule is CCC1=C(c2ccccc2)c2ccccc2CC1. The van der Waals surface area contributed by atoms with Crippen molar-refractivity contribution in [3.63, 3.8) is 0 Å². The third kappa shape index (κ3) is 1.88. The zero-order valence-corrected chi connectivity index (χ0v) is 10.8. The topological polar surface area (TPSA) is 0 Å². The second-order valence-corrected chi connectivity index (χ2v) is 4.86. The Kier molecular flexibility index (Phi) is 3.02. The smallest absolute Gasteiger partial charge is 0.0117 e. The Hall–Kier alpha value is -1.82. The Morgan fingerprint density at radius 3 is 2.33 bits per heavy atom. The van der Waals surface area contributed by atoms with E-state index in [1.165, 1.54) is 35.1 Å². The highest BCUT2D eigenvalue weighted by atomic mass is 14.2.